The fourth-order valence-electron chi connectivity index (χ4n) is 2.45. The highest BCUT2D eigenvalue weighted by Gasteiger charge is 2.32. The van der Waals surface area contributed by atoms with E-state index in [1.165, 1.54) is 46.1 Å². The molecule has 2 atom stereocenters. The molecule has 1 aliphatic carbocycles. The summed E-state index contributed by atoms with van der Waals surface area (Å²) in [6.45, 7) is 3.86. The molecule has 0 aromatic rings. The molecule has 0 aliphatic heterocycles. The average molecular weight is 243 g/mol. The number of methoxy groups -OCH3 is 1. The zero-order valence-corrected chi connectivity index (χ0v) is 11.2. The maximum absolute atomic E-state index is 11.3. The number of aliphatic hydroxyl groups is 1. The Morgan fingerprint density at radius 3 is 2.59 bits per heavy atom. The van der Waals surface area contributed by atoms with Crippen LogP contribution in [0.4, 0.5) is 0 Å². The van der Waals surface area contributed by atoms with Crippen LogP contribution in [0.5, 0.6) is 0 Å². The first-order valence-corrected chi connectivity index (χ1v) is 6.51. The molecule has 1 rings (SSSR count). The Morgan fingerprint density at radius 1 is 1.47 bits per heavy atom. The van der Waals surface area contributed by atoms with Gasteiger partial charge in [-0.1, -0.05) is 19.3 Å². The lowest BCUT2D eigenvalue weighted by molar-refractivity contribution is -0.160. The maximum atomic E-state index is 11.3. The average Bonchev–Trinajstić information content (AvgIpc) is 2.36. The van der Waals surface area contributed by atoms with Gasteiger partial charge in [0.1, 0.15) is 0 Å². The third kappa shape index (κ3) is 4.28. The second-order valence-corrected chi connectivity index (χ2v) is 5.33. The van der Waals surface area contributed by atoms with Gasteiger partial charge in [-0.15, -0.1) is 0 Å². The lowest BCUT2D eigenvalue weighted by Crippen LogP contribution is -2.49. The normalized spacial score (nSPS) is 22.8. The molecule has 0 heterocycles. The van der Waals surface area contributed by atoms with Gasteiger partial charge in [0, 0.05) is 12.6 Å². The van der Waals surface area contributed by atoms with Crippen molar-refractivity contribution in [2.24, 2.45) is 5.92 Å². The number of carbonyl (C=O) groups is 1. The van der Waals surface area contributed by atoms with Crippen molar-refractivity contribution in [1.82, 2.24) is 5.32 Å². The minimum absolute atomic E-state index is 0.247. The molecule has 0 amide bonds. The van der Waals surface area contributed by atoms with E-state index >= 15 is 0 Å². The number of nitrogens with one attached hydrogen (secondary N) is 1. The molecule has 0 aromatic heterocycles. The summed E-state index contributed by atoms with van der Waals surface area (Å²) >= 11 is 0. The van der Waals surface area contributed by atoms with Crippen molar-refractivity contribution in [2.45, 2.75) is 57.6 Å². The number of rotatable bonds is 5. The van der Waals surface area contributed by atoms with Crippen LogP contribution in [0.15, 0.2) is 0 Å². The van der Waals surface area contributed by atoms with Gasteiger partial charge in [0.2, 0.25) is 0 Å². The van der Waals surface area contributed by atoms with Crippen molar-refractivity contribution < 1.29 is 14.6 Å². The van der Waals surface area contributed by atoms with Gasteiger partial charge in [-0.25, -0.2) is 4.79 Å². The SMILES string of the molecule is COC(=O)C(C)(O)CN[C@@H](C)C1CCCCC1. The number of carbonyl (C=O) groups excluding carboxylic acids is 1. The minimum Gasteiger partial charge on any atom is -0.467 e. The molecule has 4 heteroatoms. The molecule has 4 nitrogen and oxygen atoms in total. The molecule has 0 aromatic carbocycles. The van der Waals surface area contributed by atoms with Crippen LogP contribution in [0.3, 0.4) is 0 Å². The maximum Gasteiger partial charge on any atom is 0.338 e. The molecule has 17 heavy (non-hydrogen) atoms. The largest absolute Gasteiger partial charge is 0.467 e. The zero-order valence-electron chi connectivity index (χ0n) is 11.2. The molecule has 1 saturated carbocycles. The Balaban J connectivity index is 2.36. The van der Waals surface area contributed by atoms with Gasteiger partial charge in [-0.2, -0.15) is 0 Å². The Bertz CT molecular complexity index is 247. The fourth-order valence-corrected chi connectivity index (χ4v) is 2.45. The highest BCUT2D eigenvalue weighted by Crippen LogP contribution is 2.26. The third-order valence-electron chi connectivity index (χ3n) is 3.75. The molecule has 1 unspecified atom stereocenters. The summed E-state index contributed by atoms with van der Waals surface area (Å²) in [7, 11) is 1.29. The summed E-state index contributed by atoms with van der Waals surface area (Å²) in [5.74, 6) is 0.0815. The van der Waals surface area contributed by atoms with E-state index in [1.54, 1.807) is 0 Å². The van der Waals surface area contributed by atoms with Crippen LogP contribution in [0.2, 0.25) is 0 Å². The fraction of sp³-hybridized carbons (Fsp3) is 0.923. The number of hydrogen-bond donors (Lipinski definition) is 2. The van der Waals surface area contributed by atoms with Crippen LogP contribution in [-0.4, -0.2) is 36.4 Å². The molecular formula is C13H25NO3. The Kier molecular flexibility index (Phi) is 5.40. The van der Waals surface area contributed by atoms with Crippen molar-refractivity contribution in [3.63, 3.8) is 0 Å². The molecule has 1 fully saturated rings. The summed E-state index contributed by atoms with van der Waals surface area (Å²) in [6.07, 6.45) is 6.42. The van der Waals surface area contributed by atoms with E-state index in [2.05, 4.69) is 17.0 Å². The first-order chi connectivity index (χ1) is 7.97. The topological polar surface area (TPSA) is 58.6 Å². The summed E-state index contributed by atoms with van der Waals surface area (Å²) in [4.78, 5) is 11.3. The number of esters is 1. The van der Waals surface area contributed by atoms with Crippen LogP contribution in [-0.2, 0) is 9.53 Å². The molecule has 0 saturated heterocycles. The molecule has 0 spiro atoms. The molecule has 1 aliphatic rings. The standard InChI is InChI=1S/C13H25NO3/c1-10(11-7-5-4-6-8-11)14-9-13(2,16)12(15)17-3/h10-11,14,16H,4-9H2,1-3H3/t10-,13?/m0/s1. The first kappa shape index (κ1) is 14.5. The van der Waals surface area contributed by atoms with Crippen molar-refractivity contribution in [2.75, 3.05) is 13.7 Å². The van der Waals surface area contributed by atoms with Crippen LogP contribution >= 0.6 is 0 Å². The predicted molar refractivity (Wildman–Crippen MR) is 66.7 cm³/mol. The quantitative estimate of drug-likeness (QED) is 0.718. The van der Waals surface area contributed by atoms with Crippen molar-refractivity contribution in [1.29, 1.82) is 0 Å². The smallest absolute Gasteiger partial charge is 0.338 e. The van der Waals surface area contributed by atoms with Crippen LogP contribution < -0.4 is 5.32 Å². The van der Waals surface area contributed by atoms with Crippen LogP contribution in [0.25, 0.3) is 0 Å². The van der Waals surface area contributed by atoms with Crippen LogP contribution in [0, 0.1) is 5.92 Å². The van der Waals surface area contributed by atoms with Gasteiger partial charge in [-0.05, 0) is 32.6 Å². The van der Waals surface area contributed by atoms with Crippen LogP contribution in [0.1, 0.15) is 46.0 Å². The number of ether oxygens (including phenoxy) is 1. The lowest BCUT2D eigenvalue weighted by atomic mass is 9.84. The highest BCUT2D eigenvalue weighted by molar-refractivity contribution is 5.78. The molecule has 0 radical (unpaired) electrons. The molecular weight excluding hydrogens is 218 g/mol. The van der Waals surface area contributed by atoms with Crippen molar-refractivity contribution in [3.05, 3.63) is 0 Å². The molecule has 0 bridgehead atoms. The second-order valence-electron chi connectivity index (χ2n) is 5.33. The van der Waals surface area contributed by atoms with E-state index < -0.39 is 11.6 Å². The molecule has 100 valence electrons. The van der Waals surface area contributed by atoms with E-state index in [-0.39, 0.29) is 6.54 Å². The third-order valence-corrected chi connectivity index (χ3v) is 3.75. The highest BCUT2D eigenvalue weighted by atomic mass is 16.5. The summed E-state index contributed by atoms with van der Waals surface area (Å²) in [6, 6.07) is 0.339. The first-order valence-electron chi connectivity index (χ1n) is 6.51. The summed E-state index contributed by atoms with van der Waals surface area (Å²) in [5, 5.41) is 13.2. The monoisotopic (exact) mass is 243 g/mol. The van der Waals surface area contributed by atoms with Gasteiger partial charge >= 0.3 is 5.97 Å². The van der Waals surface area contributed by atoms with E-state index in [0.29, 0.717) is 12.0 Å². The van der Waals surface area contributed by atoms with Gasteiger partial charge in [0.15, 0.2) is 5.60 Å². The van der Waals surface area contributed by atoms with Crippen molar-refractivity contribution in [3.8, 4) is 0 Å². The summed E-state index contributed by atoms with van der Waals surface area (Å²) < 4.78 is 4.56. The predicted octanol–water partition coefficient (Wildman–Crippen LogP) is 1.47. The summed E-state index contributed by atoms with van der Waals surface area (Å²) in [5.41, 5.74) is -1.43. The van der Waals surface area contributed by atoms with Gasteiger partial charge in [-0.3, -0.25) is 0 Å². The lowest BCUT2D eigenvalue weighted by Gasteiger charge is -2.30. The Hall–Kier alpha value is -0.610. The second kappa shape index (κ2) is 6.36. The van der Waals surface area contributed by atoms with E-state index in [0.717, 1.165) is 0 Å². The van der Waals surface area contributed by atoms with Crippen molar-refractivity contribution >= 4 is 5.97 Å². The van der Waals surface area contributed by atoms with E-state index in [4.69, 9.17) is 0 Å². The van der Waals surface area contributed by atoms with Gasteiger partial charge in [0.05, 0.1) is 7.11 Å². The van der Waals surface area contributed by atoms with E-state index in [1.807, 2.05) is 0 Å². The minimum atomic E-state index is -1.43. The van der Waals surface area contributed by atoms with Gasteiger partial charge in [0.25, 0.3) is 0 Å². The zero-order chi connectivity index (χ0) is 12.9. The Labute approximate surface area is 104 Å². The van der Waals surface area contributed by atoms with Gasteiger partial charge < -0.3 is 15.2 Å². The molecule has 2 N–H and O–H groups in total. The number of hydrogen-bond acceptors (Lipinski definition) is 4. The van der Waals surface area contributed by atoms with E-state index in [9.17, 15) is 9.90 Å². The Morgan fingerprint density at radius 2 is 2.06 bits per heavy atom.